The first kappa shape index (κ1) is 18.2. The van der Waals surface area contributed by atoms with Crippen LogP contribution in [-0.4, -0.2) is 54.8 Å². The third kappa shape index (κ3) is 3.67. The van der Waals surface area contributed by atoms with Crippen LogP contribution in [0.2, 0.25) is 0 Å². The Hall–Kier alpha value is -2.15. The number of likely N-dealkylation sites (tertiary alicyclic amines) is 1. The molecule has 1 fully saturated rings. The molecule has 132 valence electrons. The lowest BCUT2D eigenvalue weighted by atomic mass is 9.88. The third-order valence-corrected chi connectivity index (χ3v) is 4.29. The summed E-state index contributed by atoms with van der Waals surface area (Å²) < 4.78 is 24.2. The molecule has 0 saturated carbocycles. The molecule has 2 unspecified atom stereocenters. The second kappa shape index (κ2) is 7.61. The van der Waals surface area contributed by atoms with Gasteiger partial charge in [-0.3, -0.25) is 9.59 Å². The van der Waals surface area contributed by atoms with Crippen LogP contribution in [-0.2, 0) is 14.3 Å². The molecule has 24 heavy (non-hydrogen) atoms. The Kier molecular flexibility index (Phi) is 5.77. The van der Waals surface area contributed by atoms with Crippen molar-refractivity contribution in [1.29, 1.82) is 0 Å². The number of methoxy groups -OCH3 is 1. The van der Waals surface area contributed by atoms with Gasteiger partial charge in [0.05, 0.1) is 6.61 Å². The summed E-state index contributed by atoms with van der Waals surface area (Å²) in [5, 5.41) is 9.46. The molecular weight excluding hydrogens is 317 g/mol. The molecule has 2 rings (SSSR count). The van der Waals surface area contributed by atoms with Crippen molar-refractivity contribution in [3.8, 4) is 5.75 Å². The van der Waals surface area contributed by atoms with Crippen molar-refractivity contribution in [2.24, 2.45) is 5.41 Å². The first-order valence-electron chi connectivity index (χ1n) is 7.86. The molecule has 1 saturated heterocycles. The fourth-order valence-electron chi connectivity index (χ4n) is 2.90. The van der Waals surface area contributed by atoms with E-state index < -0.39 is 23.3 Å². The van der Waals surface area contributed by atoms with Crippen molar-refractivity contribution < 1.29 is 28.6 Å². The number of amides is 1. The Morgan fingerprint density at radius 3 is 2.71 bits per heavy atom. The molecular formula is C17H22FNO5. The SMILES string of the molecule is CCC(Oc1ccccc1F)C(=O)N1CCC(COC)(C(=O)O)C1. The molecule has 0 bridgehead atoms. The zero-order valence-corrected chi connectivity index (χ0v) is 13.8. The highest BCUT2D eigenvalue weighted by molar-refractivity contribution is 5.84. The smallest absolute Gasteiger partial charge is 0.313 e. The lowest BCUT2D eigenvalue weighted by Gasteiger charge is -2.26. The van der Waals surface area contributed by atoms with Crippen LogP contribution in [0.1, 0.15) is 19.8 Å². The van der Waals surface area contributed by atoms with Crippen molar-refractivity contribution >= 4 is 11.9 Å². The van der Waals surface area contributed by atoms with Gasteiger partial charge in [-0.2, -0.15) is 0 Å². The largest absolute Gasteiger partial charge is 0.481 e. The van der Waals surface area contributed by atoms with E-state index in [0.29, 0.717) is 19.4 Å². The predicted molar refractivity (Wildman–Crippen MR) is 84.2 cm³/mol. The average molecular weight is 339 g/mol. The molecule has 1 aliphatic rings. The summed E-state index contributed by atoms with van der Waals surface area (Å²) in [6, 6.07) is 5.88. The Balaban J connectivity index is 2.09. The lowest BCUT2D eigenvalue weighted by molar-refractivity contribution is -0.152. The third-order valence-electron chi connectivity index (χ3n) is 4.29. The Morgan fingerprint density at radius 1 is 1.42 bits per heavy atom. The first-order valence-corrected chi connectivity index (χ1v) is 7.86. The lowest BCUT2D eigenvalue weighted by Crippen LogP contribution is -2.44. The summed E-state index contributed by atoms with van der Waals surface area (Å²) in [5.74, 6) is -1.84. The van der Waals surface area contributed by atoms with Crippen molar-refractivity contribution in [3.63, 3.8) is 0 Å². The molecule has 0 aromatic heterocycles. The van der Waals surface area contributed by atoms with E-state index in [2.05, 4.69) is 0 Å². The van der Waals surface area contributed by atoms with Crippen LogP contribution in [0.4, 0.5) is 4.39 Å². The van der Waals surface area contributed by atoms with Crippen molar-refractivity contribution in [2.75, 3.05) is 26.8 Å². The molecule has 1 aromatic rings. The fraction of sp³-hybridized carbons (Fsp3) is 0.529. The fourth-order valence-corrected chi connectivity index (χ4v) is 2.90. The van der Waals surface area contributed by atoms with Gasteiger partial charge < -0.3 is 19.5 Å². The van der Waals surface area contributed by atoms with Gasteiger partial charge in [-0.1, -0.05) is 19.1 Å². The number of hydrogen-bond acceptors (Lipinski definition) is 4. The Morgan fingerprint density at radius 2 is 2.12 bits per heavy atom. The molecule has 0 aliphatic carbocycles. The van der Waals surface area contributed by atoms with Gasteiger partial charge in [-0.25, -0.2) is 4.39 Å². The summed E-state index contributed by atoms with van der Waals surface area (Å²) in [4.78, 5) is 25.7. The molecule has 0 spiro atoms. The second-order valence-electron chi connectivity index (χ2n) is 5.97. The normalized spacial score (nSPS) is 21.5. The van der Waals surface area contributed by atoms with Crippen LogP contribution in [0.5, 0.6) is 5.75 Å². The summed E-state index contributed by atoms with van der Waals surface area (Å²) >= 11 is 0. The number of ether oxygens (including phenoxy) is 2. The van der Waals surface area contributed by atoms with Crippen LogP contribution >= 0.6 is 0 Å². The summed E-state index contributed by atoms with van der Waals surface area (Å²) in [5.41, 5.74) is -1.10. The molecule has 1 heterocycles. The van der Waals surface area contributed by atoms with Gasteiger partial charge in [0, 0.05) is 20.2 Å². The van der Waals surface area contributed by atoms with E-state index in [1.54, 1.807) is 13.0 Å². The predicted octanol–water partition coefficient (Wildman–Crippen LogP) is 1.93. The molecule has 0 radical (unpaired) electrons. The number of hydrogen-bond donors (Lipinski definition) is 1. The summed E-state index contributed by atoms with van der Waals surface area (Å²) in [7, 11) is 1.44. The van der Waals surface area contributed by atoms with Gasteiger partial charge in [-0.05, 0) is 25.0 Å². The molecule has 1 N–H and O–H groups in total. The molecule has 1 amide bonds. The van der Waals surface area contributed by atoms with Crippen LogP contribution in [0.3, 0.4) is 0 Å². The van der Waals surface area contributed by atoms with Crippen molar-refractivity contribution in [1.82, 2.24) is 4.90 Å². The quantitative estimate of drug-likeness (QED) is 0.821. The molecule has 2 atom stereocenters. The standard InChI is InChI=1S/C17H22FNO5/c1-3-13(24-14-7-5-4-6-12(14)18)15(20)19-9-8-17(10-19,11-23-2)16(21)22/h4-7,13H,3,8-11H2,1-2H3,(H,21,22). The maximum atomic E-state index is 13.7. The van der Waals surface area contributed by atoms with Gasteiger partial charge in [0.25, 0.3) is 5.91 Å². The van der Waals surface area contributed by atoms with Gasteiger partial charge in [0.1, 0.15) is 5.41 Å². The number of para-hydroxylation sites is 1. The van der Waals surface area contributed by atoms with E-state index in [1.807, 2.05) is 0 Å². The monoisotopic (exact) mass is 339 g/mol. The van der Waals surface area contributed by atoms with Gasteiger partial charge in [0.2, 0.25) is 0 Å². The van der Waals surface area contributed by atoms with Crippen LogP contribution < -0.4 is 4.74 Å². The van der Waals surface area contributed by atoms with E-state index >= 15 is 0 Å². The number of carbonyl (C=O) groups is 2. The van der Waals surface area contributed by atoms with Crippen molar-refractivity contribution in [3.05, 3.63) is 30.1 Å². The second-order valence-corrected chi connectivity index (χ2v) is 5.97. The minimum Gasteiger partial charge on any atom is -0.481 e. The number of carboxylic acid groups (broad SMARTS) is 1. The van der Waals surface area contributed by atoms with Gasteiger partial charge in [0.15, 0.2) is 17.7 Å². The average Bonchev–Trinajstić information content (AvgIpc) is 2.99. The van der Waals surface area contributed by atoms with Crippen LogP contribution in [0.15, 0.2) is 24.3 Å². The maximum Gasteiger partial charge on any atom is 0.313 e. The Bertz CT molecular complexity index is 608. The number of aliphatic carboxylic acids is 1. The summed E-state index contributed by atoms with van der Waals surface area (Å²) in [6.07, 6.45) is -0.180. The topological polar surface area (TPSA) is 76.1 Å². The van der Waals surface area contributed by atoms with Crippen LogP contribution in [0.25, 0.3) is 0 Å². The minimum atomic E-state index is -1.10. The Labute approximate surface area is 140 Å². The highest BCUT2D eigenvalue weighted by atomic mass is 19.1. The zero-order valence-electron chi connectivity index (χ0n) is 13.8. The molecule has 7 heteroatoms. The van der Waals surface area contributed by atoms with E-state index in [0.717, 1.165) is 0 Å². The number of benzene rings is 1. The number of rotatable bonds is 7. The van der Waals surface area contributed by atoms with E-state index in [-0.39, 0.29) is 24.8 Å². The molecule has 1 aromatic carbocycles. The number of carboxylic acids is 1. The van der Waals surface area contributed by atoms with E-state index in [1.165, 1.54) is 30.2 Å². The first-order chi connectivity index (χ1) is 11.4. The highest BCUT2D eigenvalue weighted by Crippen LogP contribution is 2.32. The van der Waals surface area contributed by atoms with Gasteiger partial charge in [-0.15, -0.1) is 0 Å². The summed E-state index contributed by atoms with van der Waals surface area (Å²) in [6.45, 7) is 2.17. The van der Waals surface area contributed by atoms with E-state index in [9.17, 15) is 19.1 Å². The van der Waals surface area contributed by atoms with Gasteiger partial charge >= 0.3 is 5.97 Å². The number of nitrogens with zero attached hydrogens (tertiary/aromatic N) is 1. The van der Waals surface area contributed by atoms with Crippen molar-refractivity contribution in [2.45, 2.75) is 25.9 Å². The molecule has 1 aliphatic heterocycles. The highest BCUT2D eigenvalue weighted by Gasteiger charge is 2.47. The zero-order chi connectivity index (χ0) is 17.7. The molecule has 6 nitrogen and oxygen atoms in total. The maximum absolute atomic E-state index is 13.7. The number of halogens is 1. The minimum absolute atomic E-state index is 0.0123. The van der Waals surface area contributed by atoms with E-state index in [4.69, 9.17) is 9.47 Å². The van der Waals surface area contributed by atoms with Crippen LogP contribution in [0, 0.1) is 11.2 Å². The number of carbonyl (C=O) groups excluding carboxylic acids is 1.